The van der Waals surface area contributed by atoms with Crippen LogP contribution in [0.15, 0.2) is 41.9 Å². The summed E-state index contributed by atoms with van der Waals surface area (Å²) in [5, 5.41) is 7.50. The highest BCUT2D eigenvalue weighted by Gasteiger charge is 2.34. The number of hydrogen-bond donors (Lipinski definition) is 0. The van der Waals surface area contributed by atoms with Crippen molar-refractivity contribution in [3.8, 4) is 39.5 Å². The fraction of sp³-hybridized carbons (Fsp3) is 0.421. The van der Waals surface area contributed by atoms with Gasteiger partial charge < -0.3 is 14.2 Å². The summed E-state index contributed by atoms with van der Waals surface area (Å²) < 4.78 is 74.7. The fourth-order valence-electron chi connectivity index (χ4n) is 6.97. The van der Waals surface area contributed by atoms with Crippen LogP contribution in [-0.4, -0.2) is 81.2 Å². The number of carbonyl (C=O) groups is 1. The monoisotopic (exact) mass is 752 g/mol. The molecule has 2 aliphatic heterocycles. The van der Waals surface area contributed by atoms with E-state index in [1.165, 1.54) is 11.3 Å². The Kier molecular flexibility index (Phi) is 9.93. The summed E-state index contributed by atoms with van der Waals surface area (Å²) in [4.78, 5) is 27.1. The number of likely N-dealkylation sites (N-methyl/N-ethyl adjacent to an activating group) is 1. The molecule has 1 aromatic carbocycles. The largest absolute Gasteiger partial charge is 0.490 e. The van der Waals surface area contributed by atoms with Crippen molar-refractivity contribution in [1.82, 2.24) is 29.5 Å². The predicted octanol–water partition coefficient (Wildman–Crippen LogP) is 8.65. The summed E-state index contributed by atoms with van der Waals surface area (Å²) >= 11 is 1.34. The first-order valence-corrected chi connectivity index (χ1v) is 18.3. The van der Waals surface area contributed by atoms with Gasteiger partial charge in [0.25, 0.3) is 0 Å². The summed E-state index contributed by atoms with van der Waals surface area (Å²) in [5.74, 6) is -2.04. The van der Waals surface area contributed by atoms with Crippen molar-refractivity contribution in [1.29, 1.82) is 0 Å². The van der Waals surface area contributed by atoms with E-state index in [-0.39, 0.29) is 23.0 Å². The highest BCUT2D eigenvalue weighted by Crippen LogP contribution is 2.48. The van der Waals surface area contributed by atoms with Crippen LogP contribution in [-0.2, 0) is 22.4 Å². The average molecular weight is 753 g/mol. The molecule has 0 unspecified atom stereocenters. The number of amides is 1. The van der Waals surface area contributed by atoms with E-state index < -0.39 is 49.2 Å². The van der Waals surface area contributed by atoms with Crippen molar-refractivity contribution in [2.75, 3.05) is 33.4 Å². The number of hydrogen-bond acceptors (Lipinski definition) is 9. The number of fused-ring (bicyclic) bond motifs is 3. The van der Waals surface area contributed by atoms with Gasteiger partial charge >= 0.3 is 12.7 Å². The van der Waals surface area contributed by atoms with Crippen molar-refractivity contribution >= 4 is 27.5 Å². The predicted molar refractivity (Wildman–Crippen MR) is 193 cm³/mol. The first-order chi connectivity index (χ1) is 25.2. The zero-order valence-corrected chi connectivity index (χ0v) is 31.1. The van der Waals surface area contributed by atoms with Gasteiger partial charge in [-0.05, 0) is 70.8 Å². The molecule has 6 heterocycles. The molecule has 10 nitrogen and oxygen atoms in total. The van der Waals surface area contributed by atoms with Gasteiger partial charge in [-0.15, -0.1) is 11.3 Å². The molecule has 2 aliphatic rings. The van der Waals surface area contributed by atoms with Gasteiger partial charge in [0.05, 0.1) is 36.1 Å². The average Bonchev–Trinajstić information content (AvgIpc) is 3.76. The number of nitrogens with zero attached hydrogens (tertiary/aromatic N) is 6. The second kappa shape index (κ2) is 14.3. The van der Waals surface area contributed by atoms with Crippen molar-refractivity contribution in [3.05, 3.63) is 70.5 Å². The van der Waals surface area contributed by atoms with Crippen LogP contribution in [0.3, 0.4) is 0 Å². The van der Waals surface area contributed by atoms with Gasteiger partial charge in [0, 0.05) is 70.8 Å². The Balaban J connectivity index is 1.42. The van der Waals surface area contributed by atoms with Crippen molar-refractivity contribution < 1.29 is 36.6 Å². The third-order valence-corrected chi connectivity index (χ3v) is 10.6. The number of pyridine rings is 2. The molecule has 15 heteroatoms. The quantitative estimate of drug-likeness (QED) is 0.115. The number of benzene rings is 1. The maximum atomic E-state index is 16.2. The normalized spacial score (nSPS) is 17.7. The molecule has 0 spiro atoms. The number of thiophene rings is 1. The molecular weight excluding hydrogens is 713 g/mol. The van der Waals surface area contributed by atoms with E-state index in [9.17, 15) is 18.0 Å². The second-order valence-corrected chi connectivity index (χ2v) is 15.2. The molecule has 53 heavy (non-hydrogen) atoms. The number of ether oxygens (including phenoxy) is 3. The molecule has 0 saturated heterocycles. The van der Waals surface area contributed by atoms with Crippen LogP contribution in [0.25, 0.3) is 43.9 Å². The van der Waals surface area contributed by atoms with Crippen LogP contribution in [0.2, 0.25) is 0 Å². The molecule has 280 valence electrons. The summed E-state index contributed by atoms with van der Waals surface area (Å²) in [6.07, 6.45) is 2.16. The lowest BCUT2D eigenvalue weighted by Gasteiger charge is -2.35. The molecule has 7 rings (SSSR count). The molecule has 0 aliphatic carbocycles. The zero-order chi connectivity index (χ0) is 37.8. The third-order valence-electron chi connectivity index (χ3n) is 9.68. The van der Waals surface area contributed by atoms with E-state index in [0.29, 0.717) is 45.8 Å². The minimum Gasteiger partial charge on any atom is -0.490 e. The van der Waals surface area contributed by atoms with E-state index in [0.717, 1.165) is 41.9 Å². The van der Waals surface area contributed by atoms with E-state index in [4.69, 9.17) is 24.5 Å². The maximum Gasteiger partial charge on any atom is 0.410 e. The summed E-state index contributed by atoms with van der Waals surface area (Å²) in [6.45, 7) is 7.12. The summed E-state index contributed by atoms with van der Waals surface area (Å²) in [5.41, 5.74) is 4.37. The van der Waals surface area contributed by atoms with Crippen LogP contribution >= 0.6 is 11.3 Å². The Labute approximate surface area is 308 Å². The van der Waals surface area contributed by atoms with Gasteiger partial charge in [-0.25, -0.2) is 18.6 Å². The molecule has 4 aromatic heterocycles. The van der Waals surface area contributed by atoms with Crippen LogP contribution in [0.1, 0.15) is 63.7 Å². The van der Waals surface area contributed by atoms with Crippen molar-refractivity contribution in [2.45, 2.75) is 71.9 Å². The second-order valence-electron chi connectivity index (χ2n) is 14.3. The third kappa shape index (κ3) is 7.21. The molecule has 0 bridgehead atoms. The van der Waals surface area contributed by atoms with E-state index >= 15 is 4.39 Å². The molecule has 0 radical (unpaired) electrons. The van der Waals surface area contributed by atoms with Crippen LogP contribution < -0.4 is 4.74 Å². The Morgan fingerprint density at radius 1 is 1.02 bits per heavy atom. The number of rotatable bonds is 8. The van der Waals surface area contributed by atoms with E-state index in [1.807, 2.05) is 45.2 Å². The molecule has 5 aromatic rings. The number of halogens is 4. The number of carbonyl (C=O) groups excluding carboxylic acids is 1. The molecule has 0 N–H and O–H groups in total. The maximum absolute atomic E-state index is 16.2. The van der Waals surface area contributed by atoms with Crippen molar-refractivity contribution in [2.24, 2.45) is 0 Å². The molecule has 0 fully saturated rings. The number of aromatic nitrogens is 4. The standard InChI is InChI=1S/C38H40F4N6O4S/c1-20-25-15-22(19-43-27(25)7-9-46(20)6)33-24-8-14-53-35(24)32(31-26(40)16-23(39)17-30(31)50-12-13-51-36(41)42)34(44-33)28-18-29-21(2)47(10-11-48(29)45-28)37(49)52-38(3,4)5/h8,14-21,36H,7,9-13H2,1-6H3/t20-,21-/m1/s1. The molecular formula is C38H40F4N6O4S. The summed E-state index contributed by atoms with van der Waals surface area (Å²) in [6, 6.07) is 7.27. The van der Waals surface area contributed by atoms with Gasteiger partial charge in [-0.3, -0.25) is 19.5 Å². The van der Waals surface area contributed by atoms with E-state index in [1.54, 1.807) is 15.8 Å². The smallest absolute Gasteiger partial charge is 0.410 e. The van der Waals surface area contributed by atoms with Gasteiger partial charge in [0.2, 0.25) is 0 Å². The van der Waals surface area contributed by atoms with Crippen LogP contribution in [0.4, 0.5) is 22.4 Å². The lowest BCUT2D eigenvalue weighted by molar-refractivity contribution is -0.133. The minimum absolute atomic E-state index is 0.0989. The Morgan fingerprint density at radius 2 is 1.81 bits per heavy atom. The molecule has 0 saturated carbocycles. The Morgan fingerprint density at radius 3 is 2.57 bits per heavy atom. The first kappa shape index (κ1) is 36.7. The van der Waals surface area contributed by atoms with Gasteiger partial charge in [-0.2, -0.15) is 13.9 Å². The lowest BCUT2D eigenvalue weighted by Crippen LogP contribution is -2.43. The van der Waals surface area contributed by atoms with Gasteiger partial charge in [-0.1, -0.05) is 0 Å². The highest BCUT2D eigenvalue weighted by atomic mass is 32.1. The Bertz CT molecular complexity index is 2180. The topological polar surface area (TPSA) is 94.8 Å². The Hall–Kier alpha value is -4.60. The van der Waals surface area contributed by atoms with Gasteiger partial charge in [0.15, 0.2) is 0 Å². The van der Waals surface area contributed by atoms with Crippen LogP contribution in [0.5, 0.6) is 5.75 Å². The SMILES string of the molecule is C[C@@H]1c2cc(-c3nc(-c4cc5n(n4)CCN(C(=O)OC(C)(C)C)[C@@H]5C)c(-c4c(F)cc(F)cc4OCCOC(F)F)c4sccc34)cnc2CCN1C. The summed E-state index contributed by atoms with van der Waals surface area (Å²) in [7, 11) is 2.07. The van der Waals surface area contributed by atoms with E-state index in [2.05, 4.69) is 29.7 Å². The number of alkyl halides is 2. The zero-order valence-electron chi connectivity index (χ0n) is 30.3. The molecule has 1 amide bonds. The first-order valence-electron chi connectivity index (χ1n) is 17.4. The fourth-order valence-corrected chi connectivity index (χ4v) is 7.92. The lowest BCUT2D eigenvalue weighted by atomic mass is 9.94. The minimum atomic E-state index is -3.03. The highest BCUT2D eigenvalue weighted by molar-refractivity contribution is 7.18. The van der Waals surface area contributed by atoms with Crippen LogP contribution in [0, 0.1) is 11.6 Å². The van der Waals surface area contributed by atoms with Gasteiger partial charge in [0.1, 0.15) is 41.0 Å². The molecule has 2 atom stereocenters. The van der Waals surface area contributed by atoms with Crippen molar-refractivity contribution in [3.63, 3.8) is 0 Å².